The van der Waals surface area contributed by atoms with Crippen molar-refractivity contribution in [3.63, 3.8) is 0 Å². The highest BCUT2D eigenvalue weighted by molar-refractivity contribution is 6.14. The second-order valence-corrected chi connectivity index (χ2v) is 14.9. The molecular weight excluding hydrogens is 667 g/mol. The Bertz CT molecular complexity index is 2910. The summed E-state index contributed by atoms with van der Waals surface area (Å²) in [7, 11) is 0. The van der Waals surface area contributed by atoms with E-state index in [9.17, 15) is 0 Å². The lowest BCUT2D eigenvalue weighted by molar-refractivity contribution is 0.506. The number of aromatic nitrogens is 1. The zero-order valence-electron chi connectivity index (χ0n) is 30.4. The van der Waals surface area contributed by atoms with Crippen LogP contribution in [0.25, 0.3) is 66.6 Å². The highest BCUT2D eigenvalue weighted by Crippen LogP contribution is 2.41. The lowest BCUT2D eigenvalue weighted by atomic mass is 9.91. The first kappa shape index (κ1) is 31.8. The summed E-state index contributed by atoms with van der Waals surface area (Å²) < 4.78 is 2.44. The molecule has 0 saturated carbocycles. The second-order valence-electron chi connectivity index (χ2n) is 14.9. The van der Waals surface area contributed by atoms with E-state index >= 15 is 0 Å². The topological polar surface area (TPSA) is 29.0 Å². The molecule has 8 aromatic carbocycles. The Morgan fingerprint density at radius 1 is 0.545 bits per heavy atom. The summed E-state index contributed by atoms with van der Waals surface area (Å²) in [5, 5.41) is 12.9. The monoisotopic (exact) mass is 705 g/mol. The zero-order valence-corrected chi connectivity index (χ0v) is 30.4. The van der Waals surface area contributed by atoms with Gasteiger partial charge < -0.3 is 9.88 Å². The molecule has 2 heterocycles. The molecule has 9 aromatic rings. The summed E-state index contributed by atoms with van der Waals surface area (Å²) in [6.45, 7) is 0. The van der Waals surface area contributed by atoms with E-state index in [1.807, 2.05) is 0 Å². The van der Waals surface area contributed by atoms with Crippen molar-refractivity contribution in [2.75, 3.05) is 5.32 Å². The van der Waals surface area contributed by atoms with Crippen LogP contribution in [0.4, 0.5) is 5.69 Å². The second kappa shape index (κ2) is 13.0. The van der Waals surface area contributed by atoms with Crippen LogP contribution in [0.5, 0.6) is 0 Å². The van der Waals surface area contributed by atoms with E-state index < -0.39 is 0 Å². The Morgan fingerprint density at radius 2 is 1.29 bits per heavy atom. The fourth-order valence-corrected chi connectivity index (χ4v) is 9.05. The molecule has 1 aromatic heterocycles. The number of hydrogen-bond acceptors (Lipinski definition) is 2. The van der Waals surface area contributed by atoms with Gasteiger partial charge in [0.15, 0.2) is 0 Å². The molecule has 2 aliphatic rings. The molecule has 262 valence electrons. The molecule has 0 bridgehead atoms. The number of aryl methyl sites for hydroxylation is 1. The third-order valence-corrected chi connectivity index (χ3v) is 11.8. The molecule has 0 spiro atoms. The predicted molar refractivity (Wildman–Crippen MR) is 231 cm³/mol. The van der Waals surface area contributed by atoms with Crippen molar-refractivity contribution in [3.05, 3.63) is 210 Å². The summed E-state index contributed by atoms with van der Waals surface area (Å²) in [6.07, 6.45) is 6.81. The van der Waals surface area contributed by atoms with Crippen molar-refractivity contribution >= 4 is 44.3 Å². The SMILES string of the molecule is C1=Cc2c(ccc3c2c2ccc(-c4ccc(C5Nc6ccccc6C(c6ccc(-c7cccc8ccccc78)cc6)N5)cc4)cc2n3-c2ccccc2)CC1. The fraction of sp³-hybridized carbons (Fsp3) is 0.0769. The Hall–Kier alpha value is -6.68. The van der Waals surface area contributed by atoms with E-state index in [0.717, 1.165) is 18.5 Å². The molecule has 0 saturated heterocycles. The minimum Gasteiger partial charge on any atom is -0.366 e. The van der Waals surface area contributed by atoms with Crippen molar-refractivity contribution in [2.45, 2.75) is 25.0 Å². The third-order valence-electron chi connectivity index (χ3n) is 11.8. The average Bonchev–Trinajstić information content (AvgIpc) is 3.60. The number of benzene rings is 8. The van der Waals surface area contributed by atoms with E-state index in [4.69, 9.17) is 0 Å². The third kappa shape index (κ3) is 5.39. The molecular formula is C52H39N3. The number of nitrogens with zero attached hydrogens (tertiary/aromatic N) is 1. The maximum atomic E-state index is 3.96. The van der Waals surface area contributed by atoms with Gasteiger partial charge in [-0.3, -0.25) is 5.32 Å². The van der Waals surface area contributed by atoms with Crippen molar-refractivity contribution in [1.29, 1.82) is 0 Å². The molecule has 1 aliphatic carbocycles. The Kier molecular flexibility index (Phi) is 7.53. The van der Waals surface area contributed by atoms with Crippen molar-refractivity contribution in [3.8, 4) is 27.9 Å². The molecule has 0 fully saturated rings. The molecule has 2 N–H and O–H groups in total. The minimum atomic E-state index is -0.0472. The number of fused-ring (bicyclic) bond motifs is 7. The largest absolute Gasteiger partial charge is 0.366 e. The Labute approximate surface area is 321 Å². The maximum Gasteiger partial charge on any atom is 0.104 e. The lowest BCUT2D eigenvalue weighted by Gasteiger charge is -2.35. The van der Waals surface area contributed by atoms with Crippen LogP contribution in [0.3, 0.4) is 0 Å². The van der Waals surface area contributed by atoms with Gasteiger partial charge in [-0.2, -0.15) is 0 Å². The van der Waals surface area contributed by atoms with E-state index in [1.165, 1.54) is 88.3 Å². The summed E-state index contributed by atoms with van der Waals surface area (Å²) in [6, 6.07) is 64.5. The highest BCUT2D eigenvalue weighted by atomic mass is 15.2. The predicted octanol–water partition coefficient (Wildman–Crippen LogP) is 13.0. The van der Waals surface area contributed by atoms with Gasteiger partial charge in [0.05, 0.1) is 17.1 Å². The molecule has 0 radical (unpaired) electrons. The molecule has 0 amide bonds. The summed E-state index contributed by atoms with van der Waals surface area (Å²) in [4.78, 5) is 0. The van der Waals surface area contributed by atoms with Gasteiger partial charge in [0.25, 0.3) is 0 Å². The van der Waals surface area contributed by atoms with Crippen LogP contribution < -0.4 is 10.6 Å². The first-order valence-electron chi connectivity index (χ1n) is 19.4. The summed E-state index contributed by atoms with van der Waals surface area (Å²) in [5.74, 6) is 0. The number of rotatable bonds is 5. The van der Waals surface area contributed by atoms with Gasteiger partial charge in [-0.25, -0.2) is 0 Å². The molecule has 2 unspecified atom stereocenters. The van der Waals surface area contributed by atoms with Crippen LogP contribution in [-0.2, 0) is 6.42 Å². The Balaban J connectivity index is 0.931. The molecule has 55 heavy (non-hydrogen) atoms. The lowest BCUT2D eigenvalue weighted by Crippen LogP contribution is -2.37. The smallest absolute Gasteiger partial charge is 0.104 e. The molecule has 11 rings (SSSR count). The number of para-hydroxylation sites is 2. The number of hydrogen-bond donors (Lipinski definition) is 2. The number of anilines is 1. The van der Waals surface area contributed by atoms with Gasteiger partial charge in [0.2, 0.25) is 0 Å². The van der Waals surface area contributed by atoms with Crippen molar-refractivity contribution < 1.29 is 0 Å². The molecule has 3 nitrogen and oxygen atoms in total. The van der Waals surface area contributed by atoms with Gasteiger partial charge in [0.1, 0.15) is 6.17 Å². The summed E-state index contributed by atoms with van der Waals surface area (Å²) in [5.41, 5.74) is 16.3. The van der Waals surface area contributed by atoms with E-state index in [-0.39, 0.29) is 12.2 Å². The van der Waals surface area contributed by atoms with Crippen LogP contribution >= 0.6 is 0 Å². The minimum absolute atomic E-state index is 0.0472. The first-order valence-corrected chi connectivity index (χ1v) is 19.4. The molecule has 1 aliphatic heterocycles. The van der Waals surface area contributed by atoms with Crippen molar-refractivity contribution in [2.24, 2.45) is 0 Å². The quantitative estimate of drug-likeness (QED) is 0.187. The maximum absolute atomic E-state index is 3.96. The van der Waals surface area contributed by atoms with Crippen LogP contribution in [0.15, 0.2) is 182 Å². The Morgan fingerprint density at radius 3 is 2.18 bits per heavy atom. The summed E-state index contributed by atoms with van der Waals surface area (Å²) >= 11 is 0. The number of nitrogens with one attached hydrogen (secondary N) is 2. The fourth-order valence-electron chi connectivity index (χ4n) is 9.05. The van der Waals surface area contributed by atoms with Crippen LogP contribution in [-0.4, -0.2) is 4.57 Å². The van der Waals surface area contributed by atoms with Crippen molar-refractivity contribution in [1.82, 2.24) is 9.88 Å². The van der Waals surface area contributed by atoms with Gasteiger partial charge in [0, 0.05) is 22.1 Å². The van der Waals surface area contributed by atoms with Gasteiger partial charge in [-0.1, -0.05) is 158 Å². The van der Waals surface area contributed by atoms with Crippen LogP contribution in [0.2, 0.25) is 0 Å². The van der Waals surface area contributed by atoms with E-state index in [1.54, 1.807) is 0 Å². The molecule has 3 heteroatoms. The van der Waals surface area contributed by atoms with E-state index in [0.29, 0.717) is 0 Å². The van der Waals surface area contributed by atoms with Gasteiger partial charge in [-0.05, 0) is 104 Å². The number of allylic oxidation sites excluding steroid dienone is 1. The molecule has 2 atom stereocenters. The van der Waals surface area contributed by atoms with Gasteiger partial charge in [-0.15, -0.1) is 0 Å². The van der Waals surface area contributed by atoms with Crippen LogP contribution in [0, 0.1) is 0 Å². The normalized spacial score (nSPS) is 16.2. The first-order chi connectivity index (χ1) is 27.3. The standard InChI is InChI=1S/C52H39N3/c1-2-14-41(15-3-1)55-48-32-30-36-12-5-7-17-44(36)50(48)46-31-29-40(33-49(46)55)34-21-27-39(28-22-34)52-53-47-20-9-8-18-45(47)51(54-52)38-25-23-37(24-26-38)43-19-10-13-35-11-4-6-16-42(35)43/h1-4,6-11,13-33,51-54H,5,12H2. The van der Waals surface area contributed by atoms with E-state index in [2.05, 4.69) is 203 Å². The zero-order chi connectivity index (χ0) is 36.3. The van der Waals surface area contributed by atoms with Gasteiger partial charge >= 0.3 is 0 Å². The average molecular weight is 706 g/mol. The van der Waals surface area contributed by atoms with Crippen LogP contribution in [0.1, 0.15) is 46.4 Å². The highest BCUT2D eigenvalue weighted by Gasteiger charge is 2.28.